The first-order chi connectivity index (χ1) is 13.1. The summed E-state index contributed by atoms with van der Waals surface area (Å²) < 4.78 is 6.90. The van der Waals surface area contributed by atoms with Crippen LogP contribution in [-0.4, -0.2) is 58.3 Å². The van der Waals surface area contributed by atoms with Gasteiger partial charge in [-0.2, -0.15) is 9.61 Å². The lowest BCUT2D eigenvalue weighted by Crippen LogP contribution is -2.31. The number of hydrogen-bond acceptors (Lipinski definition) is 5. The van der Waals surface area contributed by atoms with Crippen LogP contribution >= 0.6 is 0 Å². The smallest absolute Gasteiger partial charge is 0.224 e. The molecule has 1 atom stereocenters. The molecule has 0 radical (unpaired) electrons. The summed E-state index contributed by atoms with van der Waals surface area (Å²) in [7, 11) is 1.65. The van der Waals surface area contributed by atoms with Crippen LogP contribution in [0, 0.1) is 6.92 Å². The quantitative estimate of drug-likeness (QED) is 0.726. The van der Waals surface area contributed by atoms with Crippen molar-refractivity contribution >= 4 is 17.4 Å². The number of nitrogens with zero attached hydrogens (tertiary/aromatic N) is 4. The number of anilines is 1. The maximum Gasteiger partial charge on any atom is 0.224 e. The van der Waals surface area contributed by atoms with Crippen LogP contribution in [0.2, 0.25) is 0 Å². The van der Waals surface area contributed by atoms with Gasteiger partial charge in [-0.1, -0.05) is 30.3 Å². The average molecular weight is 365 g/mol. The van der Waals surface area contributed by atoms with Crippen molar-refractivity contribution in [3.8, 4) is 11.3 Å². The fourth-order valence-corrected chi connectivity index (χ4v) is 3.44. The molecule has 1 fully saturated rings. The number of hydrogen-bond donors (Lipinski definition) is 1. The standard InChI is InChI=1S/C20H23N5O2/c1-14-10-18-22-17(15-6-4-3-5-7-15)12-19(25(18)23-14)21-16-11-20(26)24(13-16)8-9-27-2/h3-7,10,12,16,21H,8-9,11,13H2,1-2H3/t16-/m0/s1. The van der Waals surface area contributed by atoms with E-state index in [0.29, 0.717) is 26.1 Å². The van der Waals surface area contributed by atoms with Crippen molar-refractivity contribution in [1.82, 2.24) is 19.5 Å². The van der Waals surface area contributed by atoms with Gasteiger partial charge in [0.05, 0.1) is 24.0 Å². The number of rotatable bonds is 6. The molecule has 27 heavy (non-hydrogen) atoms. The number of aryl methyl sites for hydroxylation is 1. The van der Waals surface area contributed by atoms with Crippen LogP contribution in [0.4, 0.5) is 5.82 Å². The maximum atomic E-state index is 12.2. The molecule has 1 N–H and O–H groups in total. The van der Waals surface area contributed by atoms with E-state index in [9.17, 15) is 4.79 Å². The van der Waals surface area contributed by atoms with Gasteiger partial charge in [-0.05, 0) is 6.92 Å². The van der Waals surface area contributed by atoms with Gasteiger partial charge in [0.25, 0.3) is 0 Å². The third-order valence-electron chi connectivity index (χ3n) is 4.75. The van der Waals surface area contributed by atoms with E-state index in [-0.39, 0.29) is 11.9 Å². The zero-order chi connectivity index (χ0) is 18.8. The van der Waals surface area contributed by atoms with Crippen molar-refractivity contribution in [3.05, 3.63) is 48.2 Å². The van der Waals surface area contributed by atoms with E-state index in [1.807, 2.05) is 58.8 Å². The van der Waals surface area contributed by atoms with Gasteiger partial charge in [0.1, 0.15) is 5.82 Å². The Kier molecular flexibility index (Phi) is 4.77. The predicted octanol–water partition coefficient (Wildman–Crippen LogP) is 2.36. The predicted molar refractivity (Wildman–Crippen MR) is 104 cm³/mol. The topological polar surface area (TPSA) is 71.8 Å². The first-order valence-electron chi connectivity index (χ1n) is 9.10. The van der Waals surface area contributed by atoms with Gasteiger partial charge in [-0.15, -0.1) is 0 Å². The fourth-order valence-electron chi connectivity index (χ4n) is 3.44. The Bertz CT molecular complexity index is 954. The lowest BCUT2D eigenvalue weighted by atomic mass is 10.1. The normalized spacial score (nSPS) is 17.0. The summed E-state index contributed by atoms with van der Waals surface area (Å²) in [5, 5.41) is 8.05. The molecule has 1 aliphatic heterocycles. The molecule has 3 heterocycles. The zero-order valence-electron chi connectivity index (χ0n) is 15.6. The molecule has 7 nitrogen and oxygen atoms in total. The summed E-state index contributed by atoms with van der Waals surface area (Å²) in [6, 6.07) is 14.1. The number of carbonyl (C=O) groups is 1. The monoisotopic (exact) mass is 365 g/mol. The summed E-state index contributed by atoms with van der Waals surface area (Å²) >= 11 is 0. The minimum absolute atomic E-state index is 0.0353. The number of aromatic nitrogens is 3. The average Bonchev–Trinajstić information content (AvgIpc) is 3.22. The van der Waals surface area contributed by atoms with Crippen molar-refractivity contribution in [2.45, 2.75) is 19.4 Å². The van der Waals surface area contributed by atoms with Crippen LogP contribution in [0.15, 0.2) is 42.5 Å². The van der Waals surface area contributed by atoms with Crippen molar-refractivity contribution in [1.29, 1.82) is 0 Å². The van der Waals surface area contributed by atoms with E-state index in [4.69, 9.17) is 9.72 Å². The van der Waals surface area contributed by atoms with Crippen molar-refractivity contribution in [2.75, 3.05) is 32.1 Å². The number of benzene rings is 1. The van der Waals surface area contributed by atoms with Crippen LogP contribution in [-0.2, 0) is 9.53 Å². The Balaban J connectivity index is 1.64. The Morgan fingerprint density at radius 1 is 1.26 bits per heavy atom. The summed E-state index contributed by atoms with van der Waals surface area (Å²) in [5.74, 6) is 0.994. The minimum atomic E-state index is 0.0353. The van der Waals surface area contributed by atoms with Gasteiger partial charge in [-0.3, -0.25) is 4.79 Å². The van der Waals surface area contributed by atoms with Gasteiger partial charge >= 0.3 is 0 Å². The molecular formula is C20H23N5O2. The second-order valence-corrected chi connectivity index (χ2v) is 6.83. The van der Waals surface area contributed by atoms with Crippen LogP contribution in [0.5, 0.6) is 0 Å². The first kappa shape index (κ1) is 17.5. The van der Waals surface area contributed by atoms with Gasteiger partial charge in [0, 0.05) is 44.3 Å². The van der Waals surface area contributed by atoms with Crippen LogP contribution in [0.3, 0.4) is 0 Å². The molecule has 4 rings (SSSR count). The fraction of sp³-hybridized carbons (Fsp3) is 0.350. The third kappa shape index (κ3) is 3.64. The van der Waals surface area contributed by atoms with E-state index in [0.717, 1.165) is 28.4 Å². The van der Waals surface area contributed by atoms with E-state index < -0.39 is 0 Å². The highest BCUT2D eigenvalue weighted by Crippen LogP contribution is 2.24. The van der Waals surface area contributed by atoms with Crippen LogP contribution in [0.1, 0.15) is 12.1 Å². The number of likely N-dealkylation sites (tertiary alicyclic amines) is 1. The summed E-state index contributed by atoms with van der Waals surface area (Å²) in [4.78, 5) is 18.8. The van der Waals surface area contributed by atoms with E-state index in [2.05, 4.69) is 10.4 Å². The second kappa shape index (κ2) is 7.36. The number of fused-ring (bicyclic) bond motifs is 1. The third-order valence-corrected chi connectivity index (χ3v) is 4.75. The number of methoxy groups -OCH3 is 1. The highest BCUT2D eigenvalue weighted by atomic mass is 16.5. The number of amides is 1. The zero-order valence-corrected chi connectivity index (χ0v) is 15.6. The summed E-state index contributed by atoms with van der Waals surface area (Å²) in [5.41, 5.74) is 3.62. The minimum Gasteiger partial charge on any atom is -0.383 e. The highest BCUT2D eigenvalue weighted by molar-refractivity contribution is 5.80. The molecule has 2 aromatic heterocycles. The highest BCUT2D eigenvalue weighted by Gasteiger charge is 2.29. The Morgan fingerprint density at radius 3 is 2.85 bits per heavy atom. The summed E-state index contributed by atoms with van der Waals surface area (Å²) in [6.07, 6.45) is 0.467. The number of carbonyl (C=O) groups excluding carboxylic acids is 1. The van der Waals surface area contributed by atoms with Crippen molar-refractivity contribution < 1.29 is 9.53 Å². The Morgan fingerprint density at radius 2 is 2.07 bits per heavy atom. The Hall–Kier alpha value is -2.93. The molecule has 0 saturated carbocycles. The van der Waals surface area contributed by atoms with E-state index in [1.165, 1.54) is 0 Å². The van der Waals surface area contributed by atoms with Gasteiger partial charge in [0.15, 0.2) is 5.65 Å². The van der Waals surface area contributed by atoms with Gasteiger partial charge in [0.2, 0.25) is 5.91 Å². The molecule has 3 aromatic rings. The number of nitrogens with one attached hydrogen (secondary N) is 1. The van der Waals surface area contributed by atoms with Crippen molar-refractivity contribution in [3.63, 3.8) is 0 Å². The largest absolute Gasteiger partial charge is 0.383 e. The lowest BCUT2D eigenvalue weighted by molar-refractivity contribution is -0.128. The summed E-state index contributed by atoms with van der Waals surface area (Å²) in [6.45, 7) is 3.78. The van der Waals surface area contributed by atoms with Gasteiger partial charge in [-0.25, -0.2) is 4.98 Å². The molecule has 0 bridgehead atoms. The van der Waals surface area contributed by atoms with Gasteiger partial charge < -0.3 is 15.0 Å². The van der Waals surface area contributed by atoms with Crippen LogP contribution in [0.25, 0.3) is 16.9 Å². The molecule has 1 aliphatic rings. The molecule has 7 heteroatoms. The Labute approximate surface area is 158 Å². The molecule has 1 aromatic carbocycles. The lowest BCUT2D eigenvalue weighted by Gasteiger charge is -2.18. The second-order valence-electron chi connectivity index (χ2n) is 6.83. The molecule has 0 spiro atoms. The molecule has 0 aliphatic carbocycles. The van der Waals surface area contributed by atoms with Crippen molar-refractivity contribution in [2.24, 2.45) is 0 Å². The van der Waals surface area contributed by atoms with Crippen LogP contribution < -0.4 is 5.32 Å². The first-order valence-corrected chi connectivity index (χ1v) is 9.10. The van der Waals surface area contributed by atoms with E-state index >= 15 is 0 Å². The SMILES string of the molecule is COCCN1C[C@@H](Nc2cc(-c3ccccc3)nc3cc(C)nn23)CC1=O. The molecule has 140 valence electrons. The maximum absolute atomic E-state index is 12.2. The van der Waals surface area contributed by atoms with E-state index in [1.54, 1.807) is 7.11 Å². The molecule has 1 saturated heterocycles. The molecule has 1 amide bonds. The molecule has 0 unspecified atom stereocenters. The molecular weight excluding hydrogens is 342 g/mol. The number of ether oxygens (including phenoxy) is 1.